The van der Waals surface area contributed by atoms with E-state index in [1.54, 1.807) is 11.3 Å². The predicted octanol–water partition coefficient (Wildman–Crippen LogP) is 5.27. The summed E-state index contributed by atoms with van der Waals surface area (Å²) in [5.41, 5.74) is 3.82. The van der Waals surface area contributed by atoms with Crippen LogP contribution in [0.5, 0.6) is 0 Å². The smallest absolute Gasteiger partial charge is 0.256 e. The zero-order valence-electron chi connectivity index (χ0n) is 11.0. The zero-order valence-corrected chi connectivity index (χ0v) is 14.0. The topological polar surface area (TPSA) is 29.1 Å². The number of nitrogens with one attached hydrogen (secondary N) is 1. The Hall–Kier alpha value is -1.66. The second-order valence-electron chi connectivity index (χ2n) is 4.54. The molecule has 0 atom stereocenters. The summed E-state index contributed by atoms with van der Waals surface area (Å²) >= 11 is 3.78. The van der Waals surface area contributed by atoms with Crippen molar-refractivity contribution in [3.63, 3.8) is 0 Å². The second kappa shape index (κ2) is 6.41. The first-order valence-electron chi connectivity index (χ1n) is 6.43. The van der Waals surface area contributed by atoms with Gasteiger partial charge >= 0.3 is 0 Å². The third-order valence-electron chi connectivity index (χ3n) is 3.08. The highest BCUT2D eigenvalue weighted by molar-refractivity contribution is 14.1. The minimum atomic E-state index is -0.0679. The van der Waals surface area contributed by atoms with Crippen molar-refractivity contribution in [2.24, 2.45) is 0 Å². The average molecular weight is 405 g/mol. The standard InChI is InChI=1S/C17H12INOS/c18-16-10-14(11-21-16)17(20)19-15-8-6-13(7-9-15)12-4-2-1-3-5-12/h1-11H,(H,19,20). The minimum absolute atomic E-state index is 0.0679. The number of halogens is 1. The molecule has 0 aliphatic rings. The Kier molecular flexibility index (Phi) is 4.36. The van der Waals surface area contributed by atoms with Crippen LogP contribution < -0.4 is 5.32 Å². The van der Waals surface area contributed by atoms with Crippen molar-refractivity contribution in [3.05, 3.63) is 74.5 Å². The highest BCUT2D eigenvalue weighted by Crippen LogP contribution is 2.22. The van der Waals surface area contributed by atoms with Gasteiger partial charge in [0.25, 0.3) is 5.91 Å². The van der Waals surface area contributed by atoms with Gasteiger partial charge in [0.1, 0.15) is 0 Å². The molecular weight excluding hydrogens is 393 g/mol. The molecule has 1 aromatic heterocycles. The summed E-state index contributed by atoms with van der Waals surface area (Å²) in [6.45, 7) is 0. The van der Waals surface area contributed by atoms with Crippen LogP contribution in [0.2, 0.25) is 0 Å². The first kappa shape index (κ1) is 14.3. The number of carbonyl (C=O) groups is 1. The number of benzene rings is 2. The molecule has 0 aliphatic heterocycles. The lowest BCUT2D eigenvalue weighted by Gasteiger charge is -2.06. The molecule has 0 unspecified atom stereocenters. The van der Waals surface area contributed by atoms with Crippen LogP contribution in [0.3, 0.4) is 0 Å². The van der Waals surface area contributed by atoms with E-state index in [0.717, 1.165) is 14.1 Å². The van der Waals surface area contributed by atoms with Gasteiger partial charge < -0.3 is 5.32 Å². The summed E-state index contributed by atoms with van der Waals surface area (Å²) in [6, 6.07) is 20.0. The van der Waals surface area contributed by atoms with E-state index in [0.29, 0.717) is 5.56 Å². The van der Waals surface area contributed by atoms with E-state index < -0.39 is 0 Å². The number of hydrogen-bond donors (Lipinski definition) is 1. The molecule has 0 spiro atoms. The number of thiophene rings is 1. The Morgan fingerprint density at radius 3 is 2.24 bits per heavy atom. The van der Waals surface area contributed by atoms with Gasteiger partial charge in [-0.2, -0.15) is 0 Å². The molecule has 21 heavy (non-hydrogen) atoms. The van der Waals surface area contributed by atoms with Crippen LogP contribution in [0.15, 0.2) is 66.0 Å². The summed E-state index contributed by atoms with van der Waals surface area (Å²) in [5, 5.41) is 4.79. The van der Waals surface area contributed by atoms with Gasteiger partial charge in [0, 0.05) is 11.1 Å². The Bertz CT molecular complexity index is 750. The van der Waals surface area contributed by atoms with Crippen molar-refractivity contribution in [2.45, 2.75) is 0 Å². The van der Waals surface area contributed by atoms with Crippen LogP contribution in [-0.2, 0) is 0 Å². The number of rotatable bonds is 3. The fourth-order valence-electron chi connectivity index (χ4n) is 2.01. The van der Waals surface area contributed by atoms with E-state index in [4.69, 9.17) is 0 Å². The van der Waals surface area contributed by atoms with E-state index in [-0.39, 0.29) is 5.91 Å². The van der Waals surface area contributed by atoms with E-state index in [9.17, 15) is 4.79 Å². The van der Waals surface area contributed by atoms with E-state index in [1.165, 1.54) is 5.56 Å². The van der Waals surface area contributed by atoms with E-state index >= 15 is 0 Å². The quantitative estimate of drug-likeness (QED) is 0.591. The molecule has 0 saturated heterocycles. The van der Waals surface area contributed by atoms with Crippen molar-refractivity contribution < 1.29 is 4.79 Å². The van der Waals surface area contributed by atoms with Crippen LogP contribution in [0, 0.1) is 2.88 Å². The van der Waals surface area contributed by atoms with Crippen LogP contribution in [0.25, 0.3) is 11.1 Å². The van der Waals surface area contributed by atoms with E-state index in [2.05, 4.69) is 40.0 Å². The summed E-state index contributed by atoms with van der Waals surface area (Å²) in [4.78, 5) is 12.1. The number of anilines is 1. The number of hydrogen-bond acceptors (Lipinski definition) is 2. The van der Waals surface area contributed by atoms with Crippen LogP contribution in [-0.4, -0.2) is 5.91 Å². The third kappa shape index (κ3) is 3.51. The average Bonchev–Trinajstić information content (AvgIpc) is 2.96. The maximum atomic E-state index is 12.1. The molecule has 0 radical (unpaired) electrons. The molecule has 0 saturated carbocycles. The molecule has 104 valence electrons. The van der Waals surface area contributed by atoms with E-state index in [1.807, 2.05) is 53.9 Å². The summed E-state index contributed by atoms with van der Waals surface area (Å²) in [5.74, 6) is -0.0679. The molecule has 2 aromatic carbocycles. The summed E-state index contributed by atoms with van der Waals surface area (Å²) < 4.78 is 1.11. The Labute approximate surface area is 141 Å². The molecule has 3 aromatic rings. The maximum absolute atomic E-state index is 12.1. The van der Waals surface area contributed by atoms with Crippen LogP contribution >= 0.6 is 33.9 Å². The molecular formula is C17H12INOS. The van der Waals surface area contributed by atoms with Crippen LogP contribution in [0.1, 0.15) is 10.4 Å². The molecule has 3 rings (SSSR count). The molecule has 2 nitrogen and oxygen atoms in total. The van der Waals surface area contributed by atoms with Gasteiger partial charge in [-0.05, 0) is 51.9 Å². The number of carbonyl (C=O) groups excluding carboxylic acids is 1. The van der Waals surface area contributed by atoms with Gasteiger partial charge in [-0.15, -0.1) is 11.3 Å². The molecule has 0 bridgehead atoms. The molecule has 0 aliphatic carbocycles. The highest BCUT2D eigenvalue weighted by atomic mass is 127. The highest BCUT2D eigenvalue weighted by Gasteiger charge is 2.08. The van der Waals surface area contributed by atoms with Crippen molar-refractivity contribution in [2.75, 3.05) is 5.32 Å². The fourth-order valence-corrected chi connectivity index (χ4v) is 3.34. The normalized spacial score (nSPS) is 10.3. The Morgan fingerprint density at radius 1 is 0.952 bits per heavy atom. The summed E-state index contributed by atoms with van der Waals surface area (Å²) in [7, 11) is 0. The zero-order chi connectivity index (χ0) is 14.7. The largest absolute Gasteiger partial charge is 0.322 e. The van der Waals surface area contributed by atoms with Crippen LogP contribution in [0.4, 0.5) is 5.69 Å². The first-order chi connectivity index (χ1) is 10.2. The minimum Gasteiger partial charge on any atom is -0.322 e. The third-order valence-corrected chi connectivity index (χ3v) is 4.87. The lowest BCUT2D eigenvalue weighted by molar-refractivity contribution is 0.102. The summed E-state index contributed by atoms with van der Waals surface area (Å²) in [6.07, 6.45) is 0. The molecule has 1 amide bonds. The first-order valence-corrected chi connectivity index (χ1v) is 8.39. The number of amides is 1. The molecule has 0 fully saturated rings. The van der Waals surface area contributed by atoms with Gasteiger partial charge in [-0.25, -0.2) is 0 Å². The fraction of sp³-hybridized carbons (Fsp3) is 0. The van der Waals surface area contributed by atoms with Gasteiger partial charge in [0.2, 0.25) is 0 Å². The second-order valence-corrected chi connectivity index (χ2v) is 7.34. The van der Waals surface area contributed by atoms with Crippen molar-refractivity contribution in [3.8, 4) is 11.1 Å². The lowest BCUT2D eigenvalue weighted by Crippen LogP contribution is -2.10. The van der Waals surface area contributed by atoms with Gasteiger partial charge in [-0.3, -0.25) is 4.79 Å². The van der Waals surface area contributed by atoms with Gasteiger partial charge in [0.15, 0.2) is 0 Å². The molecule has 1 heterocycles. The lowest BCUT2D eigenvalue weighted by atomic mass is 10.1. The molecule has 1 N–H and O–H groups in total. The van der Waals surface area contributed by atoms with Gasteiger partial charge in [-0.1, -0.05) is 42.5 Å². The van der Waals surface area contributed by atoms with Crippen molar-refractivity contribution in [1.82, 2.24) is 0 Å². The molecule has 4 heteroatoms. The predicted molar refractivity (Wildman–Crippen MR) is 96.9 cm³/mol. The van der Waals surface area contributed by atoms with Crippen molar-refractivity contribution in [1.29, 1.82) is 0 Å². The van der Waals surface area contributed by atoms with Gasteiger partial charge in [0.05, 0.1) is 8.45 Å². The Morgan fingerprint density at radius 2 is 1.62 bits per heavy atom. The SMILES string of the molecule is O=C(Nc1ccc(-c2ccccc2)cc1)c1csc(I)c1. The monoisotopic (exact) mass is 405 g/mol. The Balaban J connectivity index is 1.74. The maximum Gasteiger partial charge on any atom is 0.256 e. The van der Waals surface area contributed by atoms with Crippen molar-refractivity contribution >= 4 is 45.5 Å².